The second-order valence-corrected chi connectivity index (χ2v) is 8.71. The molecule has 20 heavy (non-hydrogen) atoms. The molecule has 4 nitrogen and oxygen atoms in total. The van der Waals surface area contributed by atoms with Crippen LogP contribution in [0.2, 0.25) is 5.02 Å². The number of nitrogens with two attached hydrogens (primary N) is 1. The van der Waals surface area contributed by atoms with Crippen LogP contribution in [0.4, 0.5) is 5.69 Å². The van der Waals surface area contributed by atoms with Crippen molar-refractivity contribution in [3.8, 4) is 0 Å². The number of amidine groups is 1. The average molecular weight is 398 g/mol. The highest BCUT2D eigenvalue weighted by Gasteiger charge is 2.50. The molecule has 2 aliphatic heterocycles. The maximum Gasteiger partial charge on any atom is 0.310 e. The van der Waals surface area contributed by atoms with Gasteiger partial charge in [-0.25, -0.2) is 13.0 Å². The van der Waals surface area contributed by atoms with Crippen molar-refractivity contribution in [1.82, 2.24) is 0 Å². The number of hydrogen-bond acceptors (Lipinski definition) is 4. The Labute approximate surface area is 138 Å². The second kappa shape index (κ2) is 5.51. The molecular weight excluding hydrogens is 384 g/mol. The number of fused-ring (bicyclic) bond motifs is 1. The number of nitrogens with zero attached hydrogens (tertiary/aromatic N) is 1. The van der Waals surface area contributed by atoms with Crippen LogP contribution in [0, 0.1) is 6.92 Å². The van der Waals surface area contributed by atoms with Gasteiger partial charge in [0.2, 0.25) is 0 Å². The van der Waals surface area contributed by atoms with Gasteiger partial charge < -0.3 is 17.0 Å². The van der Waals surface area contributed by atoms with Gasteiger partial charge in [-0.1, -0.05) is 17.7 Å². The van der Waals surface area contributed by atoms with Crippen LogP contribution in [0.1, 0.15) is 5.56 Å². The Bertz CT molecular complexity index is 691. The van der Waals surface area contributed by atoms with E-state index in [1.807, 2.05) is 29.7 Å². The standard InChI is InChI=1S/C12H13ClN2O2S2.BrH/c1-7-8(13)3-2-4-9(7)15-10-5-19(16,17)6-11(10)18-12(15)14;/h2-4,10-11,14H,5-6H2,1H3;1H. The Kier molecular flexibility index (Phi) is 4.45. The number of halogens is 2. The lowest BCUT2D eigenvalue weighted by Crippen LogP contribution is -3.00. The first-order valence-corrected chi connectivity index (χ1v) is 9.01. The summed E-state index contributed by atoms with van der Waals surface area (Å²) in [6.07, 6.45) is 0. The van der Waals surface area contributed by atoms with E-state index < -0.39 is 9.84 Å². The number of benzene rings is 1. The molecular formula is C12H14BrClN2O2S2. The lowest BCUT2D eigenvalue weighted by molar-refractivity contribution is -0.471. The molecule has 1 aromatic rings. The summed E-state index contributed by atoms with van der Waals surface area (Å²) in [5.41, 5.74) is 7.91. The van der Waals surface area contributed by atoms with Gasteiger partial charge in [0.05, 0.1) is 16.8 Å². The molecule has 1 aromatic carbocycles. The predicted molar refractivity (Wildman–Crippen MR) is 79.1 cm³/mol. The Morgan fingerprint density at radius 3 is 2.80 bits per heavy atom. The summed E-state index contributed by atoms with van der Waals surface area (Å²) < 4.78 is 25.5. The fraction of sp³-hybridized carbons (Fsp3) is 0.417. The lowest BCUT2D eigenvalue weighted by atomic mass is 10.1. The fourth-order valence-electron chi connectivity index (χ4n) is 2.68. The number of thioether (sulfide) groups is 1. The molecule has 1 fully saturated rings. The molecule has 2 unspecified atom stereocenters. The van der Waals surface area contributed by atoms with E-state index in [0.717, 1.165) is 11.3 Å². The van der Waals surface area contributed by atoms with Gasteiger partial charge in [-0.15, -0.1) is 0 Å². The zero-order chi connectivity index (χ0) is 13.8. The van der Waals surface area contributed by atoms with Crippen molar-refractivity contribution in [2.24, 2.45) is 5.73 Å². The molecule has 110 valence electrons. The normalized spacial score (nSPS) is 27.3. The van der Waals surface area contributed by atoms with Crippen LogP contribution < -0.4 is 22.7 Å². The Hall–Kier alpha value is -0.240. The van der Waals surface area contributed by atoms with Gasteiger partial charge >= 0.3 is 5.17 Å². The van der Waals surface area contributed by atoms with Gasteiger partial charge in [0, 0.05) is 10.6 Å². The third kappa shape index (κ3) is 2.61. The predicted octanol–water partition coefficient (Wildman–Crippen LogP) is -1.48. The van der Waals surface area contributed by atoms with Crippen molar-refractivity contribution in [3.05, 3.63) is 28.8 Å². The van der Waals surface area contributed by atoms with Gasteiger partial charge in [-0.3, -0.25) is 5.73 Å². The molecule has 0 amide bonds. The van der Waals surface area contributed by atoms with Crippen molar-refractivity contribution in [3.63, 3.8) is 0 Å². The molecule has 2 atom stereocenters. The summed E-state index contributed by atoms with van der Waals surface area (Å²) in [7, 11) is -2.96. The average Bonchev–Trinajstić information content (AvgIpc) is 2.73. The Morgan fingerprint density at radius 2 is 2.10 bits per heavy atom. The number of sulfone groups is 1. The van der Waals surface area contributed by atoms with E-state index >= 15 is 0 Å². The molecule has 1 saturated heterocycles. The topological polar surface area (TPSA) is 63.2 Å². The summed E-state index contributed by atoms with van der Waals surface area (Å²) in [5.74, 6) is 0.371. The highest BCUT2D eigenvalue weighted by molar-refractivity contribution is 8.15. The summed E-state index contributed by atoms with van der Waals surface area (Å²) in [4.78, 5) is 0. The zero-order valence-electron chi connectivity index (χ0n) is 10.7. The van der Waals surface area contributed by atoms with Gasteiger partial charge in [-0.05, 0) is 30.8 Å². The van der Waals surface area contributed by atoms with Crippen molar-refractivity contribution in [2.75, 3.05) is 11.5 Å². The first-order valence-electron chi connectivity index (χ1n) is 5.93. The summed E-state index contributed by atoms with van der Waals surface area (Å²) >= 11 is 7.59. The van der Waals surface area contributed by atoms with Crippen LogP contribution in [0.3, 0.4) is 0 Å². The molecule has 8 heteroatoms. The van der Waals surface area contributed by atoms with Gasteiger partial charge in [-0.2, -0.15) is 0 Å². The first kappa shape index (κ1) is 16.1. The highest BCUT2D eigenvalue weighted by atomic mass is 79.9. The molecule has 0 aromatic heterocycles. The van der Waals surface area contributed by atoms with Gasteiger partial charge in [0.25, 0.3) is 0 Å². The lowest BCUT2D eigenvalue weighted by Gasteiger charge is -2.13. The van der Waals surface area contributed by atoms with E-state index in [2.05, 4.69) is 0 Å². The molecule has 0 spiro atoms. The molecule has 0 radical (unpaired) electrons. The van der Waals surface area contributed by atoms with Crippen molar-refractivity contribution in [2.45, 2.75) is 18.2 Å². The van der Waals surface area contributed by atoms with Crippen LogP contribution >= 0.6 is 23.4 Å². The number of rotatable bonds is 1. The largest absolute Gasteiger partial charge is 1.00 e. The minimum Gasteiger partial charge on any atom is -1.00 e. The second-order valence-electron chi connectivity index (χ2n) is 4.89. The van der Waals surface area contributed by atoms with E-state index in [1.165, 1.54) is 11.8 Å². The summed E-state index contributed by atoms with van der Waals surface area (Å²) in [6.45, 7) is 1.92. The molecule has 0 aliphatic carbocycles. The maximum absolute atomic E-state index is 11.8. The zero-order valence-corrected chi connectivity index (χ0v) is 14.7. The van der Waals surface area contributed by atoms with Gasteiger partial charge in [0.1, 0.15) is 11.7 Å². The molecule has 2 heterocycles. The minimum atomic E-state index is -2.96. The van der Waals surface area contributed by atoms with Crippen molar-refractivity contribution < 1.29 is 30.0 Å². The first-order chi connectivity index (χ1) is 8.89. The van der Waals surface area contributed by atoms with Crippen LogP contribution in [-0.2, 0) is 9.84 Å². The highest BCUT2D eigenvalue weighted by Crippen LogP contribution is 2.38. The third-order valence-corrected chi connectivity index (χ3v) is 7.17. The van der Waals surface area contributed by atoms with E-state index in [9.17, 15) is 8.42 Å². The van der Waals surface area contributed by atoms with E-state index in [4.69, 9.17) is 17.3 Å². The van der Waals surface area contributed by atoms with Crippen molar-refractivity contribution in [1.29, 1.82) is 0 Å². The molecule has 2 aliphatic rings. The number of hydrogen-bond donors (Lipinski definition) is 1. The quantitative estimate of drug-likeness (QED) is 0.587. The Balaban J connectivity index is 0.00000147. The molecule has 0 bridgehead atoms. The fourth-order valence-corrected chi connectivity index (χ4v) is 6.66. The van der Waals surface area contributed by atoms with Gasteiger partial charge in [0.15, 0.2) is 9.84 Å². The molecule has 0 saturated carbocycles. The van der Waals surface area contributed by atoms with Crippen LogP contribution in [0.5, 0.6) is 0 Å². The SMILES string of the molecule is Cc1c(Cl)cccc1[N+]1=C(N)SC2CS(=O)(=O)CC21.[Br-]. The minimum absolute atomic E-state index is 0. The van der Waals surface area contributed by atoms with E-state index in [0.29, 0.717) is 10.2 Å². The van der Waals surface area contributed by atoms with Crippen LogP contribution in [-0.4, -0.2) is 41.0 Å². The Morgan fingerprint density at radius 1 is 1.40 bits per heavy atom. The van der Waals surface area contributed by atoms with Crippen LogP contribution in [0.15, 0.2) is 18.2 Å². The monoisotopic (exact) mass is 396 g/mol. The molecule has 2 N–H and O–H groups in total. The summed E-state index contributed by atoms with van der Waals surface area (Å²) in [6, 6.07) is 5.54. The van der Waals surface area contributed by atoms with Crippen molar-refractivity contribution >= 4 is 44.1 Å². The smallest absolute Gasteiger partial charge is 0.310 e. The third-order valence-electron chi connectivity index (χ3n) is 3.61. The van der Waals surface area contributed by atoms with E-state index in [1.54, 1.807) is 0 Å². The maximum atomic E-state index is 11.8. The van der Waals surface area contributed by atoms with Crippen LogP contribution in [0.25, 0.3) is 0 Å². The summed E-state index contributed by atoms with van der Waals surface area (Å²) in [5, 5.41) is 1.36. The molecule has 3 rings (SSSR count). The van der Waals surface area contributed by atoms with E-state index in [-0.39, 0.29) is 39.8 Å².